The number of carbonyl (C=O) groups is 2. The highest BCUT2D eigenvalue weighted by atomic mass is 35.5. The molecule has 0 spiro atoms. The molecule has 0 unspecified atom stereocenters. The molecule has 4 nitrogen and oxygen atoms in total. The molecule has 6 heteroatoms. The van der Waals surface area contributed by atoms with Gasteiger partial charge in [0.15, 0.2) is 0 Å². The second-order valence-electron chi connectivity index (χ2n) is 7.29. The van der Waals surface area contributed by atoms with Crippen molar-refractivity contribution in [3.63, 3.8) is 0 Å². The number of imide groups is 1. The Morgan fingerprint density at radius 3 is 2.19 bits per heavy atom. The molecule has 1 heterocycles. The van der Waals surface area contributed by atoms with Crippen molar-refractivity contribution in [2.75, 3.05) is 10.2 Å². The van der Waals surface area contributed by atoms with Gasteiger partial charge in [-0.25, -0.2) is 4.90 Å². The first-order valence-corrected chi connectivity index (χ1v) is 10.7. The van der Waals surface area contributed by atoms with Gasteiger partial charge in [-0.3, -0.25) is 9.59 Å². The van der Waals surface area contributed by atoms with Crippen molar-refractivity contribution in [3.05, 3.63) is 112 Å². The Kier molecular flexibility index (Phi) is 5.17. The van der Waals surface area contributed by atoms with Crippen molar-refractivity contribution in [1.82, 2.24) is 0 Å². The third kappa shape index (κ3) is 3.34. The van der Waals surface area contributed by atoms with Gasteiger partial charge in [0, 0.05) is 11.1 Å². The summed E-state index contributed by atoms with van der Waals surface area (Å²) in [5.41, 5.74) is 2.08. The smallest absolute Gasteiger partial charge is 0.282 e. The van der Waals surface area contributed by atoms with Crippen LogP contribution in [-0.4, -0.2) is 11.8 Å². The Bertz CT molecular complexity index is 1410. The molecule has 0 aliphatic carbocycles. The predicted molar refractivity (Wildman–Crippen MR) is 130 cm³/mol. The van der Waals surface area contributed by atoms with Crippen LogP contribution >= 0.6 is 23.2 Å². The first kappa shape index (κ1) is 20.3. The largest absolute Gasteiger partial charge is 0.350 e. The van der Waals surface area contributed by atoms with Gasteiger partial charge in [0.05, 0.1) is 21.3 Å². The number of hydrogen-bond acceptors (Lipinski definition) is 3. The van der Waals surface area contributed by atoms with Crippen LogP contribution in [0.2, 0.25) is 10.0 Å². The molecule has 1 aliphatic rings. The second-order valence-corrected chi connectivity index (χ2v) is 8.07. The third-order valence-electron chi connectivity index (χ3n) is 5.37. The van der Waals surface area contributed by atoms with Gasteiger partial charge < -0.3 is 5.32 Å². The SMILES string of the molecule is O=C1C(Nc2cccc3ccccc23)=C(c2ccccc2)C(=O)N1c1cccc(Cl)c1Cl. The van der Waals surface area contributed by atoms with E-state index in [-0.39, 0.29) is 27.0 Å². The number of anilines is 2. The van der Waals surface area contributed by atoms with Crippen LogP contribution in [0.3, 0.4) is 0 Å². The number of benzene rings is 4. The quantitative estimate of drug-likeness (QED) is 0.353. The molecule has 0 saturated carbocycles. The summed E-state index contributed by atoms with van der Waals surface area (Å²) < 4.78 is 0. The second kappa shape index (κ2) is 8.15. The Balaban J connectivity index is 1.68. The molecule has 4 aromatic rings. The van der Waals surface area contributed by atoms with Gasteiger partial charge in [-0.1, -0.05) is 96.0 Å². The minimum Gasteiger partial charge on any atom is -0.350 e. The fourth-order valence-electron chi connectivity index (χ4n) is 3.87. The van der Waals surface area contributed by atoms with Gasteiger partial charge in [0.25, 0.3) is 11.8 Å². The van der Waals surface area contributed by atoms with E-state index >= 15 is 0 Å². The number of nitrogens with one attached hydrogen (secondary N) is 1. The summed E-state index contributed by atoms with van der Waals surface area (Å²) in [6.07, 6.45) is 0. The summed E-state index contributed by atoms with van der Waals surface area (Å²) in [7, 11) is 0. The molecular weight excluding hydrogens is 443 g/mol. The van der Waals surface area contributed by atoms with Crippen LogP contribution in [0.1, 0.15) is 5.56 Å². The van der Waals surface area contributed by atoms with E-state index in [9.17, 15) is 9.59 Å². The van der Waals surface area contributed by atoms with Crippen LogP contribution in [0.15, 0.2) is 96.7 Å². The van der Waals surface area contributed by atoms with E-state index in [1.165, 1.54) is 0 Å². The van der Waals surface area contributed by atoms with E-state index in [1.807, 2.05) is 60.7 Å². The minimum absolute atomic E-state index is 0.148. The maximum absolute atomic E-state index is 13.6. The zero-order valence-corrected chi connectivity index (χ0v) is 18.2. The van der Waals surface area contributed by atoms with Gasteiger partial charge in [0.1, 0.15) is 5.70 Å². The van der Waals surface area contributed by atoms with Crippen molar-refractivity contribution >= 4 is 62.7 Å². The van der Waals surface area contributed by atoms with Crippen molar-refractivity contribution in [3.8, 4) is 0 Å². The highest BCUT2D eigenvalue weighted by Crippen LogP contribution is 2.39. The molecule has 1 N–H and O–H groups in total. The highest BCUT2D eigenvalue weighted by Gasteiger charge is 2.41. The number of halogens is 2. The van der Waals surface area contributed by atoms with E-state index in [0.717, 1.165) is 21.4 Å². The number of amides is 2. The monoisotopic (exact) mass is 458 g/mol. The van der Waals surface area contributed by atoms with Gasteiger partial charge in [-0.2, -0.15) is 0 Å². The van der Waals surface area contributed by atoms with Gasteiger partial charge in [0.2, 0.25) is 0 Å². The molecule has 1 aliphatic heterocycles. The molecule has 0 atom stereocenters. The molecule has 2 amide bonds. The summed E-state index contributed by atoms with van der Waals surface area (Å²) in [4.78, 5) is 28.2. The summed E-state index contributed by atoms with van der Waals surface area (Å²) in [5.74, 6) is -0.959. The van der Waals surface area contributed by atoms with Crippen LogP contribution in [0.5, 0.6) is 0 Å². The summed E-state index contributed by atoms with van der Waals surface area (Å²) in [5, 5.41) is 5.61. The minimum atomic E-state index is -0.494. The lowest BCUT2D eigenvalue weighted by atomic mass is 10.0. The van der Waals surface area contributed by atoms with Gasteiger partial charge in [-0.05, 0) is 29.1 Å². The molecule has 5 rings (SSSR count). The Labute approximate surface area is 194 Å². The van der Waals surface area contributed by atoms with Crippen molar-refractivity contribution in [2.45, 2.75) is 0 Å². The zero-order valence-electron chi connectivity index (χ0n) is 16.7. The molecule has 0 radical (unpaired) electrons. The number of carbonyl (C=O) groups excluding carboxylic acids is 2. The summed E-state index contributed by atoms with van der Waals surface area (Å²) in [6, 6.07) is 27.6. The number of hydrogen-bond donors (Lipinski definition) is 1. The number of fused-ring (bicyclic) bond motifs is 1. The fraction of sp³-hybridized carbons (Fsp3) is 0. The Morgan fingerprint density at radius 1 is 0.688 bits per heavy atom. The van der Waals surface area contributed by atoms with Crippen LogP contribution in [0, 0.1) is 0 Å². The highest BCUT2D eigenvalue weighted by molar-refractivity contribution is 6.50. The lowest BCUT2D eigenvalue weighted by Gasteiger charge is -2.17. The fourth-order valence-corrected chi connectivity index (χ4v) is 4.25. The predicted octanol–water partition coefficient (Wildman–Crippen LogP) is 6.54. The molecule has 32 heavy (non-hydrogen) atoms. The van der Waals surface area contributed by atoms with E-state index in [1.54, 1.807) is 30.3 Å². The number of nitrogens with zero attached hydrogens (tertiary/aromatic N) is 1. The van der Waals surface area contributed by atoms with E-state index < -0.39 is 11.8 Å². The van der Waals surface area contributed by atoms with Crippen LogP contribution in [-0.2, 0) is 9.59 Å². The third-order valence-corrected chi connectivity index (χ3v) is 6.18. The normalized spacial score (nSPS) is 13.9. The van der Waals surface area contributed by atoms with Gasteiger partial charge >= 0.3 is 0 Å². The van der Waals surface area contributed by atoms with Crippen molar-refractivity contribution in [2.24, 2.45) is 0 Å². The average molecular weight is 459 g/mol. The van der Waals surface area contributed by atoms with E-state index in [0.29, 0.717) is 5.56 Å². The lowest BCUT2D eigenvalue weighted by molar-refractivity contribution is -0.120. The van der Waals surface area contributed by atoms with E-state index in [2.05, 4.69) is 5.32 Å². The maximum Gasteiger partial charge on any atom is 0.282 e. The average Bonchev–Trinajstić information content (AvgIpc) is 3.06. The van der Waals surface area contributed by atoms with Crippen molar-refractivity contribution < 1.29 is 9.59 Å². The molecule has 0 bridgehead atoms. The van der Waals surface area contributed by atoms with Crippen molar-refractivity contribution in [1.29, 1.82) is 0 Å². The Morgan fingerprint density at radius 2 is 1.38 bits per heavy atom. The van der Waals surface area contributed by atoms with Gasteiger partial charge in [-0.15, -0.1) is 0 Å². The first-order chi connectivity index (χ1) is 15.6. The van der Waals surface area contributed by atoms with Crippen LogP contribution in [0.25, 0.3) is 16.3 Å². The van der Waals surface area contributed by atoms with E-state index in [4.69, 9.17) is 23.2 Å². The molecule has 0 aromatic heterocycles. The molecule has 0 fully saturated rings. The molecular formula is C26H16Cl2N2O2. The molecule has 4 aromatic carbocycles. The topological polar surface area (TPSA) is 49.4 Å². The van der Waals surface area contributed by atoms with Crippen LogP contribution < -0.4 is 10.2 Å². The first-order valence-electron chi connectivity index (χ1n) is 9.93. The number of rotatable bonds is 4. The lowest BCUT2D eigenvalue weighted by Crippen LogP contribution is -2.32. The Hall–Kier alpha value is -3.60. The maximum atomic E-state index is 13.6. The molecule has 0 saturated heterocycles. The summed E-state index contributed by atoms with van der Waals surface area (Å²) >= 11 is 12.5. The zero-order chi connectivity index (χ0) is 22.2. The summed E-state index contributed by atoms with van der Waals surface area (Å²) in [6.45, 7) is 0. The standard InChI is InChI=1S/C26H16Cl2N2O2/c27-19-13-7-15-21(23(19)28)30-25(31)22(17-9-2-1-3-10-17)24(26(30)32)29-20-14-6-11-16-8-4-5-12-18(16)20/h1-15,29H. The van der Waals surface area contributed by atoms with Crippen LogP contribution in [0.4, 0.5) is 11.4 Å². The molecule has 156 valence electrons.